The third-order valence-corrected chi connectivity index (χ3v) is 8.56. The van der Waals surface area contributed by atoms with E-state index in [4.69, 9.17) is 16.0 Å². The maximum Gasteiger partial charge on any atom is 0.271 e. The Morgan fingerprint density at radius 3 is 2.00 bits per heavy atom. The Balaban J connectivity index is 1.18. The van der Waals surface area contributed by atoms with E-state index in [1.165, 1.54) is 18.0 Å². The largest absolute Gasteiger partial charge is 0.447 e. The van der Waals surface area contributed by atoms with Gasteiger partial charge in [0.2, 0.25) is 0 Å². The maximum absolute atomic E-state index is 12.9. The van der Waals surface area contributed by atoms with Gasteiger partial charge in [-0.3, -0.25) is 4.79 Å². The Kier molecular flexibility index (Phi) is 8.42. The molecule has 4 aromatic carbocycles. The molecule has 0 spiro atoms. The Hall–Kier alpha value is -4.30. The summed E-state index contributed by atoms with van der Waals surface area (Å²) in [6.45, 7) is 0. The van der Waals surface area contributed by atoms with Crippen molar-refractivity contribution in [2.24, 2.45) is 5.10 Å². The summed E-state index contributed by atoms with van der Waals surface area (Å²) in [7, 11) is 0. The van der Waals surface area contributed by atoms with Crippen LogP contribution < -0.4 is 5.43 Å². The van der Waals surface area contributed by atoms with Gasteiger partial charge in [-0.05, 0) is 87.7 Å². The molecule has 0 radical (unpaired) electrons. The summed E-state index contributed by atoms with van der Waals surface area (Å²) < 4.78 is 8.87. The number of rotatable bonds is 8. The predicted molar refractivity (Wildman–Crippen MR) is 174 cm³/mol. The van der Waals surface area contributed by atoms with Crippen LogP contribution in [0, 0.1) is 0 Å². The number of aromatic nitrogens is 1. The fraction of sp³-hybridized carbons (Fsp3) is 0. The Bertz CT molecular complexity index is 1790. The number of nitrogens with zero attached hydrogens (tertiary/aromatic N) is 2. The number of hydrogen-bond donors (Lipinski definition) is 1. The first-order valence-electron chi connectivity index (χ1n) is 13.0. The lowest BCUT2D eigenvalue weighted by Crippen LogP contribution is -2.17. The van der Waals surface area contributed by atoms with Gasteiger partial charge >= 0.3 is 0 Å². The van der Waals surface area contributed by atoms with Crippen LogP contribution in [0.25, 0.3) is 28.2 Å². The molecule has 0 fully saturated rings. The molecule has 42 heavy (non-hydrogen) atoms. The minimum absolute atomic E-state index is 0.321. The van der Waals surface area contributed by atoms with Gasteiger partial charge in [-0.25, -0.2) is 5.43 Å². The highest BCUT2D eigenvalue weighted by Crippen LogP contribution is 2.36. The van der Waals surface area contributed by atoms with Crippen LogP contribution in [-0.2, 0) is 0 Å². The monoisotopic (exact) mass is 651 g/mol. The van der Waals surface area contributed by atoms with E-state index in [2.05, 4.69) is 67.4 Å². The highest BCUT2D eigenvalue weighted by atomic mass is 79.9. The molecule has 206 valence electrons. The van der Waals surface area contributed by atoms with Crippen LogP contribution in [-0.4, -0.2) is 16.7 Å². The quantitative estimate of drug-likeness (QED) is 0.132. The van der Waals surface area contributed by atoms with Crippen molar-refractivity contribution in [2.45, 2.75) is 9.99 Å². The first kappa shape index (κ1) is 27.8. The molecule has 0 atom stereocenters. The maximum atomic E-state index is 12.9. The minimum Gasteiger partial charge on any atom is -0.447 e. The molecule has 0 unspecified atom stereocenters. The molecule has 0 saturated carbocycles. The molecule has 0 aliphatic rings. The van der Waals surface area contributed by atoms with Crippen LogP contribution in [0.5, 0.6) is 0 Å². The minimum atomic E-state index is -0.321. The second-order valence-electron chi connectivity index (χ2n) is 9.26. The molecule has 6 aromatic rings. The van der Waals surface area contributed by atoms with Crippen molar-refractivity contribution in [1.29, 1.82) is 0 Å². The van der Waals surface area contributed by atoms with E-state index in [1.807, 2.05) is 72.8 Å². The van der Waals surface area contributed by atoms with Crippen molar-refractivity contribution in [1.82, 2.24) is 9.99 Å². The summed E-state index contributed by atoms with van der Waals surface area (Å²) in [5.41, 5.74) is 8.37. The molecule has 1 N–H and O–H groups in total. The van der Waals surface area contributed by atoms with Gasteiger partial charge in [0.15, 0.2) is 5.09 Å². The lowest BCUT2D eigenvalue weighted by atomic mass is 10.1. The van der Waals surface area contributed by atoms with Crippen LogP contribution >= 0.6 is 39.3 Å². The van der Waals surface area contributed by atoms with Crippen molar-refractivity contribution < 1.29 is 9.21 Å². The molecule has 0 aliphatic carbocycles. The number of hydrazone groups is 1. The van der Waals surface area contributed by atoms with Gasteiger partial charge < -0.3 is 8.98 Å². The normalized spacial score (nSPS) is 11.2. The number of carbonyl (C=O) groups excluding carboxylic acids is 1. The highest BCUT2D eigenvalue weighted by molar-refractivity contribution is 9.10. The molecule has 2 aromatic heterocycles. The molecule has 6 rings (SSSR count). The van der Waals surface area contributed by atoms with Gasteiger partial charge in [0.05, 0.1) is 22.1 Å². The molecule has 1 amide bonds. The second kappa shape index (κ2) is 12.7. The summed E-state index contributed by atoms with van der Waals surface area (Å²) in [6.07, 6.45) is 1.47. The summed E-state index contributed by atoms with van der Waals surface area (Å²) in [5.74, 6) is 0.182. The molecular weight excluding hydrogens is 630 g/mol. The average Bonchev–Trinajstić information content (AvgIpc) is 3.62. The zero-order chi connectivity index (χ0) is 28.9. The van der Waals surface area contributed by atoms with Crippen molar-refractivity contribution in [3.05, 3.63) is 148 Å². The Morgan fingerprint density at radius 1 is 0.810 bits per heavy atom. The van der Waals surface area contributed by atoms with Crippen molar-refractivity contribution >= 4 is 51.4 Å². The number of nitrogens with one attached hydrogen (secondary N) is 1. The summed E-state index contributed by atoms with van der Waals surface area (Å²) in [4.78, 5) is 13.9. The molecular formula is C34H23BrClN3O2S. The predicted octanol–water partition coefficient (Wildman–Crippen LogP) is 9.74. The Labute approximate surface area is 261 Å². The lowest BCUT2D eigenvalue weighted by Gasteiger charge is -2.15. The standard InChI is InChI=1S/C34H23BrClN3O2S/c35-30-21-28(41-34(30)42-29-17-13-26(36)14-18-29)22-37-38-33(40)25-11-15-27(16-12-25)39-31(23-7-3-1-4-8-23)19-20-32(39)24-9-5-2-6-10-24/h1-22H,(H,38,40)/b37-22-. The number of halogens is 2. The van der Waals surface area contributed by atoms with Crippen LogP contribution in [0.3, 0.4) is 0 Å². The van der Waals surface area contributed by atoms with Gasteiger partial charge in [-0.2, -0.15) is 5.10 Å². The lowest BCUT2D eigenvalue weighted by molar-refractivity contribution is 0.0955. The Morgan fingerprint density at radius 2 is 1.40 bits per heavy atom. The van der Waals surface area contributed by atoms with Crippen molar-refractivity contribution in [3.63, 3.8) is 0 Å². The van der Waals surface area contributed by atoms with Crippen LogP contribution in [0.4, 0.5) is 0 Å². The van der Waals surface area contributed by atoms with Crippen LogP contribution in [0.15, 0.2) is 151 Å². The summed E-state index contributed by atoms with van der Waals surface area (Å²) in [6, 6.07) is 41.6. The third-order valence-electron chi connectivity index (χ3n) is 6.46. The van der Waals surface area contributed by atoms with Crippen LogP contribution in [0.1, 0.15) is 16.1 Å². The molecule has 5 nitrogen and oxygen atoms in total. The van der Waals surface area contributed by atoms with E-state index in [0.717, 1.165) is 37.6 Å². The molecule has 2 heterocycles. The number of hydrogen-bond acceptors (Lipinski definition) is 4. The van der Waals surface area contributed by atoms with Crippen LogP contribution in [0.2, 0.25) is 5.02 Å². The van der Waals surface area contributed by atoms with E-state index in [1.54, 1.807) is 18.2 Å². The average molecular weight is 653 g/mol. The van der Waals surface area contributed by atoms with E-state index in [9.17, 15) is 4.79 Å². The zero-order valence-corrected chi connectivity index (χ0v) is 25.2. The van der Waals surface area contributed by atoms with Gasteiger partial charge in [-0.1, -0.05) is 84.0 Å². The summed E-state index contributed by atoms with van der Waals surface area (Å²) >= 11 is 10.9. The first-order valence-corrected chi connectivity index (χ1v) is 15.0. The molecule has 0 saturated heterocycles. The fourth-order valence-corrected chi connectivity index (χ4v) is 5.93. The number of amides is 1. The smallest absolute Gasteiger partial charge is 0.271 e. The van der Waals surface area contributed by atoms with Gasteiger partial charge in [-0.15, -0.1) is 0 Å². The topological polar surface area (TPSA) is 59.5 Å². The van der Waals surface area contributed by atoms with E-state index in [0.29, 0.717) is 21.4 Å². The molecule has 0 bridgehead atoms. The van der Waals surface area contributed by atoms with Gasteiger partial charge in [0, 0.05) is 27.2 Å². The first-order chi connectivity index (χ1) is 20.5. The van der Waals surface area contributed by atoms with E-state index in [-0.39, 0.29) is 5.91 Å². The second-order valence-corrected chi connectivity index (χ2v) is 11.6. The fourth-order valence-electron chi connectivity index (χ4n) is 4.48. The van der Waals surface area contributed by atoms with Gasteiger partial charge in [0.25, 0.3) is 5.91 Å². The third kappa shape index (κ3) is 6.29. The SMILES string of the molecule is O=C(N/N=C\c1cc(Br)c(Sc2ccc(Cl)cc2)o1)c1ccc(-n2c(-c3ccccc3)ccc2-c2ccccc2)cc1. The van der Waals surface area contributed by atoms with Crippen molar-refractivity contribution in [2.75, 3.05) is 0 Å². The molecule has 0 aliphatic heterocycles. The zero-order valence-electron chi connectivity index (χ0n) is 22.1. The highest BCUT2D eigenvalue weighted by Gasteiger charge is 2.15. The van der Waals surface area contributed by atoms with Crippen molar-refractivity contribution in [3.8, 4) is 28.2 Å². The number of carbonyl (C=O) groups is 1. The van der Waals surface area contributed by atoms with E-state index >= 15 is 0 Å². The number of furan rings is 1. The van der Waals surface area contributed by atoms with Gasteiger partial charge in [0.1, 0.15) is 5.76 Å². The summed E-state index contributed by atoms with van der Waals surface area (Å²) in [5, 5.41) is 5.45. The van der Waals surface area contributed by atoms with E-state index < -0.39 is 0 Å². The molecule has 8 heteroatoms. The number of benzene rings is 4.